The van der Waals surface area contributed by atoms with Crippen molar-refractivity contribution in [3.63, 3.8) is 0 Å². The van der Waals surface area contributed by atoms with Crippen LogP contribution in [0.1, 0.15) is 28.7 Å². The molecule has 0 aromatic carbocycles. The summed E-state index contributed by atoms with van der Waals surface area (Å²) in [6.07, 6.45) is 1.74. The molecule has 0 bridgehead atoms. The normalized spacial score (nSPS) is 12.4. The summed E-state index contributed by atoms with van der Waals surface area (Å²) >= 11 is 5.87. The third-order valence-corrected chi connectivity index (χ3v) is 3.13. The molecule has 0 fully saturated rings. The van der Waals surface area contributed by atoms with Gasteiger partial charge in [-0.3, -0.25) is 4.79 Å². The summed E-state index contributed by atoms with van der Waals surface area (Å²) in [6.45, 7) is 5.56. The van der Waals surface area contributed by atoms with Gasteiger partial charge in [-0.25, -0.2) is 4.98 Å². The van der Waals surface area contributed by atoms with Crippen molar-refractivity contribution >= 4 is 17.4 Å². The van der Waals surface area contributed by atoms with Crippen LogP contribution in [0.25, 0.3) is 5.82 Å². The smallest absolute Gasteiger partial charge is 0.182 e. The topological polar surface area (TPSA) is 34.9 Å². The maximum atomic E-state index is 12.0. The lowest BCUT2D eigenvalue weighted by molar-refractivity contribution is 0.0991. The summed E-state index contributed by atoms with van der Waals surface area (Å²) < 4.78 is 1.96. The quantitative estimate of drug-likeness (QED) is 0.628. The van der Waals surface area contributed by atoms with Crippen molar-refractivity contribution in [1.29, 1.82) is 0 Å². The fourth-order valence-electron chi connectivity index (χ4n) is 2.07. The van der Waals surface area contributed by atoms with Gasteiger partial charge in [-0.05, 0) is 39.0 Å². The first-order chi connectivity index (χ1) is 8.52. The van der Waals surface area contributed by atoms with Gasteiger partial charge in [0.1, 0.15) is 5.82 Å². The van der Waals surface area contributed by atoms with Crippen LogP contribution in [-0.2, 0) is 0 Å². The van der Waals surface area contributed by atoms with Crippen LogP contribution in [0.15, 0.2) is 30.5 Å². The Hall–Kier alpha value is -1.61. The fraction of sp³-hybridized carbons (Fsp3) is 0.286. The third kappa shape index (κ3) is 2.18. The van der Waals surface area contributed by atoms with Crippen molar-refractivity contribution in [3.05, 3.63) is 47.4 Å². The number of halogens is 1. The third-order valence-electron chi connectivity index (χ3n) is 2.94. The Morgan fingerprint density at radius 2 is 2.11 bits per heavy atom. The molecule has 2 aromatic rings. The molecule has 0 aliphatic heterocycles. The molecule has 3 nitrogen and oxygen atoms in total. The molecule has 2 rings (SSSR count). The van der Waals surface area contributed by atoms with E-state index in [9.17, 15) is 4.79 Å². The van der Waals surface area contributed by atoms with E-state index in [1.807, 2.05) is 42.7 Å². The van der Waals surface area contributed by atoms with Gasteiger partial charge >= 0.3 is 0 Å². The zero-order valence-corrected chi connectivity index (χ0v) is 11.4. The molecule has 0 amide bonds. The maximum absolute atomic E-state index is 12.0. The van der Waals surface area contributed by atoms with Gasteiger partial charge in [-0.1, -0.05) is 6.07 Å². The molecule has 0 radical (unpaired) electrons. The summed E-state index contributed by atoms with van der Waals surface area (Å²) in [5.74, 6) is 0.765. The summed E-state index contributed by atoms with van der Waals surface area (Å²) in [5, 5.41) is -0.511. The largest absolute Gasteiger partial charge is 0.302 e. The van der Waals surface area contributed by atoms with E-state index in [1.54, 1.807) is 13.1 Å². The Kier molecular flexibility index (Phi) is 3.53. The highest BCUT2D eigenvalue weighted by molar-refractivity contribution is 6.33. The number of carbonyl (C=O) groups is 1. The van der Waals surface area contributed by atoms with Gasteiger partial charge < -0.3 is 4.57 Å². The van der Waals surface area contributed by atoms with Crippen LogP contribution in [0.2, 0.25) is 0 Å². The molecule has 0 saturated heterocycles. The Balaban J connectivity index is 2.55. The first-order valence-corrected chi connectivity index (χ1v) is 6.24. The molecule has 0 aliphatic rings. The molecule has 94 valence electrons. The van der Waals surface area contributed by atoms with Crippen molar-refractivity contribution in [2.24, 2.45) is 0 Å². The van der Waals surface area contributed by atoms with Crippen LogP contribution in [0.4, 0.5) is 0 Å². The number of aryl methyl sites for hydroxylation is 1. The molecule has 18 heavy (non-hydrogen) atoms. The van der Waals surface area contributed by atoms with E-state index in [2.05, 4.69) is 4.98 Å². The number of rotatable bonds is 3. The van der Waals surface area contributed by atoms with Crippen molar-refractivity contribution in [3.8, 4) is 5.82 Å². The van der Waals surface area contributed by atoms with Crippen LogP contribution in [0, 0.1) is 13.8 Å². The minimum atomic E-state index is -0.511. The van der Waals surface area contributed by atoms with E-state index < -0.39 is 5.38 Å². The highest BCUT2D eigenvalue weighted by Crippen LogP contribution is 2.21. The van der Waals surface area contributed by atoms with Gasteiger partial charge in [0, 0.05) is 23.1 Å². The number of ketones is 1. The van der Waals surface area contributed by atoms with Crippen LogP contribution in [0.3, 0.4) is 0 Å². The molecule has 1 unspecified atom stereocenters. The molecule has 0 saturated carbocycles. The Morgan fingerprint density at radius 3 is 2.67 bits per heavy atom. The number of hydrogen-bond acceptors (Lipinski definition) is 2. The number of hydrogen-bond donors (Lipinski definition) is 0. The lowest BCUT2D eigenvalue weighted by Gasteiger charge is -2.08. The number of nitrogens with zero attached hydrogens (tertiary/aromatic N) is 2. The monoisotopic (exact) mass is 262 g/mol. The molecule has 2 heterocycles. The second-order valence-electron chi connectivity index (χ2n) is 4.29. The number of carbonyl (C=O) groups excluding carboxylic acids is 1. The van der Waals surface area contributed by atoms with Gasteiger partial charge in [0.15, 0.2) is 5.78 Å². The average molecular weight is 263 g/mol. The maximum Gasteiger partial charge on any atom is 0.182 e. The summed E-state index contributed by atoms with van der Waals surface area (Å²) in [6, 6.07) is 7.57. The van der Waals surface area contributed by atoms with Crippen molar-refractivity contribution in [2.75, 3.05) is 0 Å². The van der Waals surface area contributed by atoms with Crippen molar-refractivity contribution in [1.82, 2.24) is 9.55 Å². The first-order valence-electron chi connectivity index (χ1n) is 5.81. The van der Waals surface area contributed by atoms with Gasteiger partial charge in [0.05, 0.1) is 5.38 Å². The van der Waals surface area contributed by atoms with Crippen LogP contribution in [-0.4, -0.2) is 20.7 Å². The van der Waals surface area contributed by atoms with E-state index in [1.165, 1.54) is 0 Å². The molecule has 0 aliphatic carbocycles. The van der Waals surface area contributed by atoms with Crippen LogP contribution >= 0.6 is 11.6 Å². The zero-order valence-electron chi connectivity index (χ0n) is 10.6. The standard InChI is InChI=1S/C14H15ClN2O/c1-9-8-12(14(18)10(2)15)11(3)17(9)13-6-4-5-7-16-13/h4-8,10H,1-3H3. The lowest BCUT2D eigenvalue weighted by Crippen LogP contribution is -2.12. The number of aromatic nitrogens is 2. The van der Waals surface area contributed by atoms with Crippen molar-refractivity contribution < 1.29 is 4.79 Å². The molecule has 1 atom stereocenters. The zero-order chi connectivity index (χ0) is 13.3. The van der Waals surface area contributed by atoms with Gasteiger partial charge in [0.25, 0.3) is 0 Å². The first kappa shape index (κ1) is 12.8. The molecule has 0 spiro atoms. The Labute approximate surface area is 111 Å². The summed E-state index contributed by atoms with van der Waals surface area (Å²) in [4.78, 5) is 16.3. The van der Waals surface area contributed by atoms with Crippen LogP contribution in [0.5, 0.6) is 0 Å². The summed E-state index contributed by atoms with van der Waals surface area (Å²) in [5.41, 5.74) is 2.52. The molecule has 4 heteroatoms. The second kappa shape index (κ2) is 4.94. The van der Waals surface area contributed by atoms with Gasteiger partial charge in [0.2, 0.25) is 0 Å². The molecular weight excluding hydrogens is 248 g/mol. The van der Waals surface area contributed by atoms with E-state index in [0.717, 1.165) is 17.2 Å². The van der Waals surface area contributed by atoms with Crippen molar-refractivity contribution in [2.45, 2.75) is 26.1 Å². The van der Waals surface area contributed by atoms with Crippen LogP contribution < -0.4 is 0 Å². The van der Waals surface area contributed by atoms with E-state index in [4.69, 9.17) is 11.6 Å². The highest BCUT2D eigenvalue weighted by Gasteiger charge is 2.20. The predicted octanol–water partition coefficient (Wildman–Crippen LogP) is 3.30. The number of pyridine rings is 1. The number of alkyl halides is 1. The average Bonchev–Trinajstić information content (AvgIpc) is 2.65. The van der Waals surface area contributed by atoms with E-state index >= 15 is 0 Å². The molecule has 2 aromatic heterocycles. The van der Waals surface area contributed by atoms with Gasteiger partial charge in [-0.15, -0.1) is 11.6 Å². The predicted molar refractivity (Wildman–Crippen MR) is 72.7 cm³/mol. The fourth-order valence-corrected chi connectivity index (χ4v) is 2.18. The SMILES string of the molecule is Cc1cc(C(=O)C(C)Cl)c(C)n1-c1ccccn1. The van der Waals surface area contributed by atoms with E-state index in [-0.39, 0.29) is 5.78 Å². The minimum absolute atomic E-state index is 0.0491. The van der Waals surface area contributed by atoms with Gasteiger partial charge in [-0.2, -0.15) is 0 Å². The second-order valence-corrected chi connectivity index (χ2v) is 4.94. The minimum Gasteiger partial charge on any atom is -0.302 e. The molecular formula is C14H15ClN2O. The molecule has 0 N–H and O–H groups in total. The number of Topliss-reactive ketones (excluding diaryl/α,β-unsaturated/α-hetero) is 1. The summed E-state index contributed by atoms with van der Waals surface area (Å²) in [7, 11) is 0. The lowest BCUT2D eigenvalue weighted by atomic mass is 10.1. The van der Waals surface area contributed by atoms with E-state index in [0.29, 0.717) is 5.56 Å². The Morgan fingerprint density at radius 1 is 1.39 bits per heavy atom. The highest BCUT2D eigenvalue weighted by atomic mass is 35.5. The Bertz CT molecular complexity index is 573.